The van der Waals surface area contributed by atoms with Gasteiger partial charge in [0, 0.05) is 34.4 Å². The van der Waals surface area contributed by atoms with E-state index in [1.54, 1.807) is 17.5 Å². The van der Waals surface area contributed by atoms with E-state index in [2.05, 4.69) is 57.4 Å². The van der Waals surface area contributed by atoms with Crippen LogP contribution in [-0.4, -0.2) is 16.5 Å². The number of nitrogens with one attached hydrogen (secondary N) is 1. The molecule has 0 saturated carbocycles. The van der Waals surface area contributed by atoms with Gasteiger partial charge < -0.3 is 5.32 Å². The molecule has 102 valence electrons. The molecule has 0 amide bonds. The van der Waals surface area contributed by atoms with Gasteiger partial charge in [-0.25, -0.2) is 4.98 Å². The highest BCUT2D eigenvalue weighted by Gasteiger charge is 2.17. The first kappa shape index (κ1) is 14.5. The zero-order valence-electron chi connectivity index (χ0n) is 11.4. The molecule has 0 aliphatic rings. The number of hydrogen-bond acceptors (Lipinski definition) is 4. The van der Waals surface area contributed by atoms with Gasteiger partial charge in [-0.05, 0) is 22.0 Å². The van der Waals surface area contributed by atoms with Crippen molar-refractivity contribution < 1.29 is 0 Å². The van der Waals surface area contributed by atoms with Crippen molar-refractivity contribution in [1.29, 1.82) is 0 Å². The fraction of sp³-hybridized carbons (Fsp3) is 0.429. The lowest BCUT2D eigenvalue weighted by atomic mass is 9.98. The Bertz CT molecular complexity index is 546. The first-order valence-corrected chi connectivity index (χ1v) is 7.92. The lowest BCUT2D eigenvalue weighted by Crippen LogP contribution is -2.11. The van der Waals surface area contributed by atoms with Crippen molar-refractivity contribution in [1.82, 2.24) is 9.97 Å². The van der Waals surface area contributed by atoms with Gasteiger partial charge >= 0.3 is 0 Å². The van der Waals surface area contributed by atoms with Crippen LogP contribution in [0.25, 0.3) is 0 Å². The molecule has 2 heterocycles. The Balaban J connectivity index is 1.88. The molecule has 0 aliphatic carbocycles. The molecule has 5 heteroatoms. The largest absolute Gasteiger partial charge is 0.383 e. The Labute approximate surface area is 126 Å². The maximum atomic E-state index is 4.68. The van der Waals surface area contributed by atoms with Gasteiger partial charge in [0.05, 0.1) is 22.6 Å². The normalized spacial score (nSPS) is 11.6. The first-order valence-electron chi connectivity index (χ1n) is 6.24. The van der Waals surface area contributed by atoms with Gasteiger partial charge in [0.15, 0.2) is 0 Å². The van der Waals surface area contributed by atoms with E-state index in [0.717, 1.165) is 28.8 Å². The number of aromatic nitrogens is 2. The van der Waals surface area contributed by atoms with Crippen LogP contribution in [0.2, 0.25) is 0 Å². The highest BCUT2D eigenvalue weighted by atomic mass is 79.9. The molecule has 0 aromatic carbocycles. The lowest BCUT2D eigenvalue weighted by molar-refractivity contribution is 0.583. The van der Waals surface area contributed by atoms with Crippen molar-refractivity contribution in [2.75, 3.05) is 11.9 Å². The molecule has 19 heavy (non-hydrogen) atoms. The second kappa shape index (κ2) is 6.01. The third-order valence-electron chi connectivity index (χ3n) is 2.61. The maximum absolute atomic E-state index is 4.68. The average molecular weight is 340 g/mol. The number of anilines is 1. The Morgan fingerprint density at radius 1 is 1.32 bits per heavy atom. The van der Waals surface area contributed by atoms with Gasteiger partial charge in [-0.15, -0.1) is 11.3 Å². The minimum absolute atomic E-state index is 0.143. The zero-order valence-corrected chi connectivity index (χ0v) is 13.8. The fourth-order valence-electron chi connectivity index (χ4n) is 1.61. The van der Waals surface area contributed by atoms with Crippen molar-refractivity contribution >= 4 is 33.0 Å². The van der Waals surface area contributed by atoms with Crippen LogP contribution in [0.15, 0.2) is 28.3 Å². The molecule has 1 N–H and O–H groups in total. The van der Waals surface area contributed by atoms with Crippen LogP contribution in [0.1, 0.15) is 31.5 Å². The van der Waals surface area contributed by atoms with Gasteiger partial charge in [-0.2, -0.15) is 0 Å². The highest BCUT2D eigenvalue weighted by Crippen LogP contribution is 2.25. The summed E-state index contributed by atoms with van der Waals surface area (Å²) in [5.74, 6) is 0. The summed E-state index contributed by atoms with van der Waals surface area (Å²) in [5.41, 5.74) is 2.33. The van der Waals surface area contributed by atoms with Crippen molar-refractivity contribution in [3.8, 4) is 0 Å². The summed E-state index contributed by atoms with van der Waals surface area (Å²) >= 11 is 5.16. The quantitative estimate of drug-likeness (QED) is 0.904. The number of thiazole rings is 1. The molecule has 3 nitrogen and oxygen atoms in total. The molecular weight excluding hydrogens is 322 g/mol. The predicted octanol–water partition coefficient (Wildman–Crippen LogP) is 4.25. The number of nitrogens with zero attached hydrogens (tertiary/aromatic N) is 2. The van der Waals surface area contributed by atoms with E-state index in [-0.39, 0.29) is 5.41 Å². The molecule has 2 aromatic heterocycles. The molecule has 0 atom stereocenters. The third kappa shape index (κ3) is 4.28. The van der Waals surface area contributed by atoms with Crippen LogP contribution in [-0.2, 0) is 11.8 Å². The van der Waals surface area contributed by atoms with Crippen molar-refractivity contribution in [3.63, 3.8) is 0 Å². The van der Waals surface area contributed by atoms with Gasteiger partial charge in [0.25, 0.3) is 0 Å². The van der Waals surface area contributed by atoms with Crippen LogP contribution < -0.4 is 5.32 Å². The van der Waals surface area contributed by atoms with Crippen LogP contribution in [0.3, 0.4) is 0 Å². The zero-order chi connectivity index (χ0) is 13.9. The molecule has 0 aliphatic heterocycles. The average Bonchev–Trinajstić information content (AvgIpc) is 2.77. The molecule has 0 bridgehead atoms. The first-order chi connectivity index (χ1) is 8.95. The summed E-state index contributed by atoms with van der Waals surface area (Å²) in [6.45, 7) is 7.45. The van der Waals surface area contributed by atoms with E-state index in [9.17, 15) is 0 Å². The van der Waals surface area contributed by atoms with E-state index in [1.165, 1.54) is 5.01 Å². The summed E-state index contributed by atoms with van der Waals surface area (Å²) < 4.78 is 0.987. The van der Waals surface area contributed by atoms with Crippen molar-refractivity contribution in [2.45, 2.75) is 32.6 Å². The molecule has 0 radical (unpaired) electrons. The van der Waals surface area contributed by atoms with E-state index in [1.807, 2.05) is 12.3 Å². The topological polar surface area (TPSA) is 37.8 Å². The number of pyridine rings is 1. The summed E-state index contributed by atoms with van der Waals surface area (Å²) in [5, 5.41) is 6.71. The molecular formula is C14H18BrN3S. The van der Waals surface area contributed by atoms with Crippen LogP contribution in [0.5, 0.6) is 0 Å². The summed E-state index contributed by atoms with van der Waals surface area (Å²) in [4.78, 5) is 8.81. The lowest BCUT2D eigenvalue weighted by Gasteiger charge is -2.13. The maximum Gasteiger partial charge on any atom is 0.0981 e. The Kier molecular flexibility index (Phi) is 4.58. The minimum Gasteiger partial charge on any atom is -0.383 e. The molecule has 2 rings (SSSR count). The SMILES string of the molecule is CC(C)(C)c1nc(CCNc2cncc(Br)c2)cs1. The van der Waals surface area contributed by atoms with Gasteiger partial charge in [0.2, 0.25) is 0 Å². The monoisotopic (exact) mass is 339 g/mol. The predicted molar refractivity (Wildman–Crippen MR) is 84.9 cm³/mol. The van der Waals surface area contributed by atoms with E-state index in [4.69, 9.17) is 0 Å². The summed E-state index contributed by atoms with van der Waals surface area (Å²) in [6, 6.07) is 2.02. The van der Waals surface area contributed by atoms with E-state index < -0.39 is 0 Å². The fourth-order valence-corrected chi connectivity index (χ4v) is 2.92. The standard InChI is InChI=1S/C14H18BrN3S/c1-14(2,3)13-18-11(9-19-13)4-5-17-12-6-10(15)7-16-8-12/h6-9,17H,4-5H2,1-3H3. The van der Waals surface area contributed by atoms with Gasteiger partial charge in [-0.3, -0.25) is 4.98 Å². The Morgan fingerprint density at radius 2 is 2.11 bits per heavy atom. The summed E-state index contributed by atoms with van der Waals surface area (Å²) in [7, 11) is 0. The van der Waals surface area contributed by atoms with Gasteiger partial charge in [-0.1, -0.05) is 20.8 Å². The van der Waals surface area contributed by atoms with Crippen molar-refractivity contribution in [2.24, 2.45) is 0 Å². The van der Waals surface area contributed by atoms with Crippen molar-refractivity contribution in [3.05, 3.63) is 39.0 Å². The van der Waals surface area contributed by atoms with Crippen LogP contribution >= 0.6 is 27.3 Å². The van der Waals surface area contributed by atoms with Crippen LogP contribution in [0.4, 0.5) is 5.69 Å². The molecule has 2 aromatic rings. The number of rotatable bonds is 4. The highest BCUT2D eigenvalue weighted by molar-refractivity contribution is 9.10. The molecule has 0 spiro atoms. The van der Waals surface area contributed by atoms with Gasteiger partial charge in [0.1, 0.15) is 0 Å². The second-order valence-electron chi connectivity index (χ2n) is 5.46. The third-order valence-corrected chi connectivity index (χ3v) is 4.36. The molecule has 0 fully saturated rings. The Hall–Kier alpha value is -0.940. The molecule has 0 unspecified atom stereocenters. The Morgan fingerprint density at radius 3 is 2.74 bits per heavy atom. The number of halogens is 1. The van der Waals surface area contributed by atoms with E-state index in [0.29, 0.717) is 0 Å². The summed E-state index contributed by atoms with van der Waals surface area (Å²) in [6.07, 6.45) is 4.53. The molecule has 0 saturated heterocycles. The van der Waals surface area contributed by atoms with E-state index >= 15 is 0 Å². The minimum atomic E-state index is 0.143. The smallest absolute Gasteiger partial charge is 0.0981 e. The number of hydrogen-bond donors (Lipinski definition) is 1. The van der Waals surface area contributed by atoms with Crippen LogP contribution in [0, 0.1) is 0 Å². The second-order valence-corrected chi connectivity index (χ2v) is 7.24.